The van der Waals surface area contributed by atoms with Gasteiger partial charge in [0.2, 0.25) is 5.91 Å². The fourth-order valence-electron chi connectivity index (χ4n) is 6.08. The highest BCUT2D eigenvalue weighted by Crippen LogP contribution is 2.40. The predicted molar refractivity (Wildman–Crippen MR) is 147 cm³/mol. The Morgan fingerprint density at radius 3 is 2.49 bits per heavy atom. The number of nitrogens with zero attached hydrogens (tertiary/aromatic N) is 2. The van der Waals surface area contributed by atoms with Crippen LogP contribution in [0.3, 0.4) is 0 Å². The van der Waals surface area contributed by atoms with Crippen molar-refractivity contribution in [1.29, 1.82) is 0 Å². The smallest absolute Gasteiger partial charge is 0.289 e. The van der Waals surface area contributed by atoms with Gasteiger partial charge in [-0.3, -0.25) is 9.59 Å². The zero-order chi connectivity index (χ0) is 26.8. The number of fused-ring (bicyclic) bond motifs is 1. The Hall–Kier alpha value is -3.58. The molecule has 2 aliphatic heterocycles. The summed E-state index contributed by atoms with van der Waals surface area (Å²) in [4.78, 5) is 30.2. The topological polar surface area (TPSA) is 72.2 Å². The average Bonchev–Trinajstić information content (AvgIpc) is 3.69. The fraction of sp³-hybridized carbons (Fsp3) is 0.438. The number of ether oxygens (including phenoxy) is 2. The Morgan fingerprint density at radius 2 is 1.72 bits per heavy atom. The zero-order valence-electron chi connectivity index (χ0n) is 22.6. The minimum atomic E-state index is -0.132. The summed E-state index contributed by atoms with van der Waals surface area (Å²) >= 11 is 0. The Balaban J connectivity index is 1.22. The van der Waals surface area contributed by atoms with E-state index in [1.54, 1.807) is 17.0 Å². The Morgan fingerprint density at radius 1 is 0.949 bits per heavy atom. The van der Waals surface area contributed by atoms with Crippen LogP contribution in [0, 0.1) is 12.8 Å². The van der Waals surface area contributed by atoms with Crippen molar-refractivity contribution in [3.05, 3.63) is 88.4 Å². The van der Waals surface area contributed by atoms with Crippen LogP contribution >= 0.6 is 0 Å². The summed E-state index contributed by atoms with van der Waals surface area (Å²) in [6, 6.07) is 18.1. The van der Waals surface area contributed by atoms with Gasteiger partial charge in [-0.25, -0.2) is 0 Å². The van der Waals surface area contributed by atoms with Gasteiger partial charge in [0, 0.05) is 25.6 Å². The Labute approximate surface area is 229 Å². The van der Waals surface area contributed by atoms with Crippen molar-refractivity contribution in [3.63, 3.8) is 0 Å². The SMILES string of the molecule is Cc1ccc([C@H]2c3cc(OCc4ccc(C(=O)N5CCOCC5)o4)ccc3CCN2C(=O)C2CCCC2)cc1. The van der Waals surface area contributed by atoms with Crippen LogP contribution < -0.4 is 4.74 Å². The lowest BCUT2D eigenvalue weighted by Gasteiger charge is -2.39. The standard InChI is InChI=1S/C32H36N2O5/c1-22-6-8-24(9-7-22)30-28-20-26(11-10-23(28)14-15-34(30)31(35)25-4-2-3-5-25)38-21-27-12-13-29(39-27)32(36)33-16-18-37-19-17-33/h6-13,20,25,30H,2-5,14-19,21H2,1H3/t30-/m0/s1. The van der Waals surface area contributed by atoms with E-state index in [0.717, 1.165) is 55.5 Å². The number of carbonyl (C=O) groups is 2. The largest absolute Gasteiger partial charge is 0.486 e. The molecule has 0 unspecified atom stereocenters. The molecular weight excluding hydrogens is 492 g/mol. The molecule has 0 N–H and O–H groups in total. The molecular formula is C32H36N2O5. The Bertz CT molecular complexity index is 1320. The van der Waals surface area contributed by atoms with Crippen LogP contribution in [0.15, 0.2) is 59.0 Å². The molecule has 1 aliphatic carbocycles. The van der Waals surface area contributed by atoms with Gasteiger partial charge in [-0.2, -0.15) is 0 Å². The molecule has 7 nitrogen and oxygen atoms in total. The first kappa shape index (κ1) is 25.7. The number of aryl methyl sites for hydroxylation is 1. The van der Waals surface area contributed by atoms with Crippen molar-refractivity contribution in [2.45, 2.75) is 51.7 Å². The van der Waals surface area contributed by atoms with Crippen molar-refractivity contribution < 1.29 is 23.5 Å². The first-order valence-electron chi connectivity index (χ1n) is 14.2. The van der Waals surface area contributed by atoms with Crippen LogP contribution in [-0.4, -0.2) is 54.5 Å². The van der Waals surface area contributed by atoms with E-state index in [0.29, 0.717) is 37.8 Å². The van der Waals surface area contributed by atoms with Gasteiger partial charge >= 0.3 is 0 Å². The maximum Gasteiger partial charge on any atom is 0.289 e. The van der Waals surface area contributed by atoms with Gasteiger partial charge in [0.1, 0.15) is 18.1 Å². The van der Waals surface area contributed by atoms with Gasteiger partial charge in [0.05, 0.1) is 19.3 Å². The van der Waals surface area contributed by atoms with Crippen molar-refractivity contribution in [1.82, 2.24) is 9.80 Å². The van der Waals surface area contributed by atoms with Crippen molar-refractivity contribution in [2.24, 2.45) is 5.92 Å². The molecule has 1 atom stereocenters. The predicted octanol–water partition coefficient (Wildman–Crippen LogP) is 5.30. The minimum absolute atomic E-state index is 0.119. The van der Waals surface area contributed by atoms with E-state index in [9.17, 15) is 9.59 Å². The molecule has 0 spiro atoms. The highest BCUT2D eigenvalue weighted by Gasteiger charge is 2.36. The van der Waals surface area contributed by atoms with Gasteiger partial charge < -0.3 is 23.7 Å². The number of furan rings is 1. The number of hydrogen-bond acceptors (Lipinski definition) is 5. The van der Waals surface area contributed by atoms with Crippen LogP contribution in [0.1, 0.15) is 70.3 Å². The molecule has 0 bridgehead atoms. The monoisotopic (exact) mass is 528 g/mol. The summed E-state index contributed by atoms with van der Waals surface area (Å²) in [7, 11) is 0. The van der Waals surface area contributed by atoms with Crippen LogP contribution in [0.4, 0.5) is 0 Å². The lowest BCUT2D eigenvalue weighted by molar-refractivity contribution is -0.137. The number of hydrogen-bond donors (Lipinski definition) is 0. The summed E-state index contributed by atoms with van der Waals surface area (Å²) in [6.07, 6.45) is 5.10. The number of amides is 2. The highest BCUT2D eigenvalue weighted by molar-refractivity contribution is 5.91. The van der Waals surface area contributed by atoms with Crippen LogP contribution in [-0.2, 0) is 22.6 Å². The third-order valence-corrected chi connectivity index (χ3v) is 8.28. The molecule has 1 aromatic heterocycles. The van der Waals surface area contributed by atoms with E-state index in [4.69, 9.17) is 13.9 Å². The fourth-order valence-corrected chi connectivity index (χ4v) is 6.08. The Kier molecular flexibility index (Phi) is 7.42. The third-order valence-electron chi connectivity index (χ3n) is 8.28. The number of carbonyl (C=O) groups excluding carboxylic acids is 2. The molecule has 2 amide bonds. The van der Waals surface area contributed by atoms with Crippen molar-refractivity contribution in [2.75, 3.05) is 32.8 Å². The molecule has 2 aromatic carbocycles. The summed E-state index contributed by atoms with van der Waals surface area (Å²) in [6.45, 7) is 5.27. The molecule has 0 radical (unpaired) electrons. The molecule has 1 saturated heterocycles. The molecule has 6 rings (SSSR count). The lowest BCUT2D eigenvalue weighted by atomic mass is 9.86. The van der Waals surface area contributed by atoms with Crippen LogP contribution in [0.25, 0.3) is 0 Å². The molecule has 1 saturated carbocycles. The second-order valence-corrected chi connectivity index (χ2v) is 10.9. The van der Waals surface area contributed by atoms with E-state index < -0.39 is 0 Å². The zero-order valence-corrected chi connectivity index (χ0v) is 22.6. The maximum absolute atomic E-state index is 13.7. The summed E-state index contributed by atoms with van der Waals surface area (Å²) in [5, 5.41) is 0. The maximum atomic E-state index is 13.7. The minimum Gasteiger partial charge on any atom is -0.486 e. The number of morpholine rings is 1. The van der Waals surface area contributed by atoms with Crippen LogP contribution in [0.2, 0.25) is 0 Å². The van der Waals surface area contributed by atoms with Crippen LogP contribution in [0.5, 0.6) is 5.75 Å². The van der Waals surface area contributed by atoms with E-state index in [-0.39, 0.29) is 30.4 Å². The van der Waals surface area contributed by atoms with E-state index in [1.807, 2.05) is 6.07 Å². The van der Waals surface area contributed by atoms with Gasteiger partial charge in [-0.05, 0) is 67.1 Å². The van der Waals surface area contributed by atoms with Gasteiger partial charge in [0.25, 0.3) is 5.91 Å². The number of benzene rings is 2. The lowest BCUT2D eigenvalue weighted by Crippen LogP contribution is -2.43. The van der Waals surface area contributed by atoms with Crippen molar-refractivity contribution >= 4 is 11.8 Å². The molecule has 3 aliphatic rings. The van der Waals surface area contributed by atoms with Gasteiger partial charge in [-0.1, -0.05) is 48.7 Å². The van der Waals surface area contributed by atoms with Gasteiger partial charge in [-0.15, -0.1) is 0 Å². The molecule has 204 valence electrons. The van der Waals surface area contributed by atoms with E-state index in [1.165, 1.54) is 11.1 Å². The van der Waals surface area contributed by atoms with E-state index >= 15 is 0 Å². The second kappa shape index (κ2) is 11.3. The molecule has 3 aromatic rings. The van der Waals surface area contributed by atoms with Crippen molar-refractivity contribution in [3.8, 4) is 5.75 Å². The quantitative estimate of drug-likeness (QED) is 0.434. The normalized spacial score (nSPS) is 19.7. The highest BCUT2D eigenvalue weighted by atomic mass is 16.5. The first-order valence-corrected chi connectivity index (χ1v) is 14.2. The van der Waals surface area contributed by atoms with E-state index in [2.05, 4.69) is 48.2 Å². The molecule has 7 heteroatoms. The summed E-state index contributed by atoms with van der Waals surface area (Å²) in [5.41, 5.74) is 4.70. The van der Waals surface area contributed by atoms with Gasteiger partial charge in [0.15, 0.2) is 5.76 Å². The summed E-state index contributed by atoms with van der Waals surface area (Å²) < 4.78 is 17.3. The number of rotatable bonds is 6. The third kappa shape index (κ3) is 5.46. The molecule has 39 heavy (non-hydrogen) atoms. The average molecular weight is 529 g/mol. The second-order valence-electron chi connectivity index (χ2n) is 10.9. The first-order chi connectivity index (χ1) is 19.1. The molecule has 3 heterocycles. The molecule has 2 fully saturated rings. The summed E-state index contributed by atoms with van der Waals surface area (Å²) in [5.74, 6) is 1.93.